The summed E-state index contributed by atoms with van der Waals surface area (Å²) in [4.78, 5) is 29.9. The van der Waals surface area contributed by atoms with Crippen LogP contribution in [0.15, 0.2) is 108 Å². The van der Waals surface area contributed by atoms with E-state index in [0.717, 1.165) is 51.4 Å². The van der Waals surface area contributed by atoms with Crippen LogP contribution in [0.25, 0.3) is 5.82 Å². The lowest BCUT2D eigenvalue weighted by atomic mass is 10.0. The standard InChI is InChI=1S/C39H44N6O5S/c1-26(41-25-36(46)34-15-18-37(42-24-34)45-27(2)7-8-28(45)3)19-31-5-4-6-32(20-31)21-38(47)43-22-29-9-13-33(14-10-29)39(48)44-23-30-11-16-35(17-12-30)51(40,49)50/h4-18,20,24,26,36,41,46H,19,21-23,25H2,1-3H3,(H,43,47)(H,44,48)(H2,40,49,50)/t26-,36+/m1/s1. The molecule has 2 heterocycles. The number of aliphatic hydroxyl groups is 1. The van der Waals surface area contributed by atoms with Gasteiger partial charge in [0.2, 0.25) is 15.9 Å². The minimum atomic E-state index is -3.77. The third kappa shape index (κ3) is 10.4. The number of sulfonamides is 1. The van der Waals surface area contributed by atoms with Crippen LogP contribution in [-0.2, 0) is 40.7 Å². The fourth-order valence-corrected chi connectivity index (χ4v) is 6.30. The van der Waals surface area contributed by atoms with Gasteiger partial charge in [-0.05, 0) is 91.9 Å². The van der Waals surface area contributed by atoms with Crippen LogP contribution in [0.4, 0.5) is 0 Å². The van der Waals surface area contributed by atoms with Crippen molar-refractivity contribution in [1.29, 1.82) is 0 Å². The molecule has 2 atom stereocenters. The molecule has 0 fully saturated rings. The van der Waals surface area contributed by atoms with Crippen LogP contribution in [0.5, 0.6) is 0 Å². The molecule has 5 rings (SSSR count). The van der Waals surface area contributed by atoms with Crippen LogP contribution in [0.2, 0.25) is 0 Å². The number of primary sulfonamides is 1. The molecule has 2 aromatic heterocycles. The number of nitrogens with two attached hydrogens (primary N) is 1. The average molecular weight is 709 g/mol. The van der Waals surface area contributed by atoms with E-state index < -0.39 is 16.1 Å². The van der Waals surface area contributed by atoms with Crippen molar-refractivity contribution in [2.24, 2.45) is 5.14 Å². The van der Waals surface area contributed by atoms with Crippen molar-refractivity contribution in [3.63, 3.8) is 0 Å². The van der Waals surface area contributed by atoms with Crippen LogP contribution in [-0.4, -0.2) is 47.5 Å². The molecule has 0 saturated heterocycles. The molecular formula is C39H44N6O5S. The summed E-state index contributed by atoms with van der Waals surface area (Å²) in [5, 5.41) is 25.1. The summed E-state index contributed by atoms with van der Waals surface area (Å²) in [6.07, 6.45) is 2.00. The Morgan fingerprint density at radius 2 is 1.45 bits per heavy atom. The summed E-state index contributed by atoms with van der Waals surface area (Å²) in [6, 6.07) is 28.9. The van der Waals surface area contributed by atoms with E-state index in [-0.39, 0.29) is 35.7 Å². The van der Waals surface area contributed by atoms with E-state index in [4.69, 9.17) is 5.14 Å². The zero-order chi connectivity index (χ0) is 36.5. The molecule has 266 valence electrons. The number of pyridine rings is 1. The number of benzene rings is 3. The molecule has 0 aliphatic rings. The Labute approximate surface area is 299 Å². The lowest BCUT2D eigenvalue weighted by Crippen LogP contribution is -2.32. The number of rotatable bonds is 15. The number of aryl methyl sites for hydroxylation is 2. The molecule has 0 bridgehead atoms. The maximum atomic E-state index is 12.8. The van der Waals surface area contributed by atoms with Gasteiger partial charge < -0.3 is 25.6 Å². The number of carbonyl (C=O) groups excluding carboxylic acids is 2. The van der Waals surface area contributed by atoms with E-state index in [1.54, 1.807) is 42.6 Å². The third-order valence-corrected chi connectivity index (χ3v) is 9.55. The summed E-state index contributed by atoms with van der Waals surface area (Å²) in [6.45, 7) is 7.08. The van der Waals surface area contributed by atoms with Crippen molar-refractivity contribution >= 4 is 21.8 Å². The van der Waals surface area contributed by atoms with Crippen molar-refractivity contribution in [3.05, 3.63) is 148 Å². The fourth-order valence-electron chi connectivity index (χ4n) is 5.78. The molecule has 0 radical (unpaired) electrons. The molecule has 12 heteroatoms. The van der Waals surface area contributed by atoms with Crippen molar-refractivity contribution in [1.82, 2.24) is 25.5 Å². The Bertz CT molecular complexity index is 2040. The van der Waals surface area contributed by atoms with Crippen LogP contribution in [0.3, 0.4) is 0 Å². The van der Waals surface area contributed by atoms with Crippen molar-refractivity contribution in [2.45, 2.75) is 63.7 Å². The van der Waals surface area contributed by atoms with Gasteiger partial charge in [0.05, 0.1) is 17.4 Å². The van der Waals surface area contributed by atoms with E-state index in [2.05, 4.69) is 44.6 Å². The molecule has 2 amide bonds. The van der Waals surface area contributed by atoms with Gasteiger partial charge in [0, 0.05) is 54.4 Å². The molecule has 5 aromatic rings. The SMILES string of the molecule is Cc1ccc(C)n1-c1ccc([C@@H](O)CN[C@H](C)Cc2cccc(CC(=O)NCc3ccc(C(=O)NCc4ccc(S(N)(=O)=O)cc4)cc3)c2)cn1. The molecule has 3 aromatic carbocycles. The highest BCUT2D eigenvalue weighted by Crippen LogP contribution is 2.18. The van der Waals surface area contributed by atoms with Gasteiger partial charge in [-0.3, -0.25) is 9.59 Å². The van der Waals surface area contributed by atoms with E-state index in [1.807, 2.05) is 50.2 Å². The number of nitrogens with one attached hydrogen (secondary N) is 3. The van der Waals surface area contributed by atoms with Gasteiger partial charge in [-0.25, -0.2) is 18.5 Å². The van der Waals surface area contributed by atoms with E-state index >= 15 is 0 Å². The highest BCUT2D eigenvalue weighted by Gasteiger charge is 2.14. The Morgan fingerprint density at radius 1 is 0.824 bits per heavy atom. The minimum Gasteiger partial charge on any atom is -0.387 e. The summed E-state index contributed by atoms with van der Waals surface area (Å²) in [5.74, 6) is 0.437. The minimum absolute atomic E-state index is 0.00994. The lowest BCUT2D eigenvalue weighted by molar-refractivity contribution is -0.120. The smallest absolute Gasteiger partial charge is 0.251 e. The van der Waals surface area contributed by atoms with Crippen LogP contribution in [0, 0.1) is 13.8 Å². The Hall–Kier alpha value is -5.14. The van der Waals surface area contributed by atoms with Gasteiger partial charge in [-0.2, -0.15) is 0 Å². The number of hydrogen-bond acceptors (Lipinski definition) is 7. The largest absolute Gasteiger partial charge is 0.387 e. The summed E-state index contributed by atoms with van der Waals surface area (Å²) in [7, 11) is -3.77. The van der Waals surface area contributed by atoms with E-state index in [9.17, 15) is 23.1 Å². The van der Waals surface area contributed by atoms with Crippen LogP contribution in [0.1, 0.15) is 62.6 Å². The van der Waals surface area contributed by atoms with Gasteiger partial charge in [0.25, 0.3) is 5.91 Å². The summed E-state index contributed by atoms with van der Waals surface area (Å²) < 4.78 is 24.9. The van der Waals surface area contributed by atoms with E-state index in [1.165, 1.54) is 12.1 Å². The number of aromatic nitrogens is 2. The zero-order valence-corrected chi connectivity index (χ0v) is 29.8. The van der Waals surface area contributed by atoms with Crippen molar-refractivity contribution < 1.29 is 23.1 Å². The molecule has 51 heavy (non-hydrogen) atoms. The number of aliphatic hydroxyl groups excluding tert-OH is 1. The molecule has 6 N–H and O–H groups in total. The quantitative estimate of drug-likeness (QED) is 0.109. The van der Waals surface area contributed by atoms with Crippen LogP contribution >= 0.6 is 0 Å². The second kappa shape index (κ2) is 16.7. The normalized spacial score (nSPS) is 12.6. The van der Waals surface area contributed by atoms with Crippen molar-refractivity contribution in [3.8, 4) is 5.82 Å². The first-order valence-electron chi connectivity index (χ1n) is 16.7. The molecule has 11 nitrogen and oxygen atoms in total. The monoisotopic (exact) mass is 708 g/mol. The van der Waals surface area contributed by atoms with Gasteiger partial charge in [0.1, 0.15) is 5.82 Å². The maximum Gasteiger partial charge on any atom is 0.251 e. The summed E-state index contributed by atoms with van der Waals surface area (Å²) >= 11 is 0. The third-order valence-electron chi connectivity index (χ3n) is 8.62. The second-order valence-corrected chi connectivity index (χ2v) is 14.3. The number of carbonyl (C=O) groups is 2. The van der Waals surface area contributed by atoms with Crippen molar-refractivity contribution in [2.75, 3.05) is 6.54 Å². The first kappa shape index (κ1) is 37.1. The number of nitrogens with zero attached hydrogens (tertiary/aromatic N) is 2. The molecule has 0 saturated carbocycles. The molecular weight excluding hydrogens is 665 g/mol. The molecule has 0 spiro atoms. The second-order valence-electron chi connectivity index (χ2n) is 12.8. The molecule has 0 unspecified atom stereocenters. The van der Waals surface area contributed by atoms with Gasteiger partial charge in [0.15, 0.2) is 0 Å². The first-order chi connectivity index (χ1) is 24.4. The maximum absolute atomic E-state index is 12.8. The van der Waals surface area contributed by atoms with E-state index in [0.29, 0.717) is 18.7 Å². The zero-order valence-electron chi connectivity index (χ0n) is 29.0. The highest BCUT2D eigenvalue weighted by molar-refractivity contribution is 7.89. The predicted octanol–water partition coefficient (Wildman–Crippen LogP) is 4.18. The topological polar surface area (TPSA) is 168 Å². The Kier molecular flexibility index (Phi) is 12.2. The summed E-state index contributed by atoms with van der Waals surface area (Å²) in [5.41, 5.74) is 7.01. The number of hydrogen-bond donors (Lipinski definition) is 5. The van der Waals surface area contributed by atoms with Gasteiger partial charge in [-0.1, -0.05) is 54.6 Å². The fraction of sp³-hybridized carbons (Fsp3) is 0.256. The first-order valence-corrected chi connectivity index (χ1v) is 18.3. The lowest BCUT2D eigenvalue weighted by Gasteiger charge is -2.18. The highest BCUT2D eigenvalue weighted by atomic mass is 32.2. The molecule has 0 aliphatic heterocycles. The Morgan fingerprint density at radius 3 is 2.08 bits per heavy atom. The van der Waals surface area contributed by atoms with Gasteiger partial charge in [-0.15, -0.1) is 0 Å². The Balaban J connectivity index is 1.03. The predicted molar refractivity (Wildman–Crippen MR) is 197 cm³/mol. The number of amides is 2. The van der Waals surface area contributed by atoms with Crippen LogP contribution < -0.4 is 21.1 Å². The average Bonchev–Trinajstić information content (AvgIpc) is 3.45. The van der Waals surface area contributed by atoms with Gasteiger partial charge >= 0.3 is 0 Å². The molecule has 0 aliphatic carbocycles.